The van der Waals surface area contributed by atoms with Crippen molar-refractivity contribution in [1.82, 2.24) is 14.1 Å². The molecule has 4 heterocycles. The minimum atomic E-state index is -0.159. The summed E-state index contributed by atoms with van der Waals surface area (Å²) >= 11 is 0. The molecule has 0 unspecified atom stereocenters. The second-order valence-electron chi connectivity index (χ2n) is 18.3. The molecule has 0 aliphatic rings. The molecule has 0 radical (unpaired) electrons. The Morgan fingerprint density at radius 2 is 1.29 bits per heavy atom. The van der Waals surface area contributed by atoms with Gasteiger partial charge in [0.25, 0.3) is 6.33 Å². The Morgan fingerprint density at radius 3 is 2.13 bits per heavy atom. The summed E-state index contributed by atoms with van der Waals surface area (Å²) < 4.78 is 19.6. The molecular formula is C56H46N4O2. The number of hydrogen-bond donors (Lipinski definition) is 0. The van der Waals surface area contributed by atoms with Gasteiger partial charge in [-0.15, -0.1) is 0 Å². The number of benzene rings is 7. The number of pyridine rings is 1. The summed E-state index contributed by atoms with van der Waals surface area (Å²) in [7, 11) is 0. The van der Waals surface area contributed by atoms with Gasteiger partial charge in [0.2, 0.25) is 0 Å². The lowest BCUT2D eigenvalue weighted by molar-refractivity contribution is -0.572. The minimum absolute atomic E-state index is 0.0129. The molecule has 6 heteroatoms. The molecule has 0 spiro atoms. The molecule has 11 rings (SSSR count). The standard InChI is InChI=1S/C56H46N4O2/c1-55(2,3)37-29-30-57-53(32-37)60-47-21-9-7-17-42(47)43-27-26-40(34-50(43)60)61-39-16-13-15-38(33-39)58-35-59(49-23-11-10-22-48(49)58)54-41(19-14-20-46(54)56(4,5)6)36-25-28-52-45(31-36)44-18-8-12-24-51(44)62-52/h7-34H,1-6H3. The summed E-state index contributed by atoms with van der Waals surface area (Å²) in [4.78, 5) is 4.88. The van der Waals surface area contributed by atoms with Crippen LogP contribution < -0.4 is 9.30 Å². The fraction of sp³-hybridized carbons (Fsp3) is 0.143. The van der Waals surface area contributed by atoms with Crippen LogP contribution in [0.25, 0.3) is 83.1 Å². The van der Waals surface area contributed by atoms with Crippen LogP contribution in [0.4, 0.5) is 0 Å². The van der Waals surface area contributed by atoms with Gasteiger partial charge in [0.1, 0.15) is 28.5 Å². The SMILES string of the molecule is CC(C)(C)c1ccnc(-n2c3ccccc3c3ccc(Oc4cccc(-n5[c-][n+](-c6c(-c7ccc8oc9ccccc9c8c7)cccc6C(C)(C)C)c6ccccc65)c4)cc32)c1. The molecule has 0 saturated heterocycles. The van der Waals surface area contributed by atoms with Crippen molar-refractivity contribution in [3.8, 4) is 39.8 Å². The smallest absolute Gasteiger partial charge is 0.269 e. The molecule has 62 heavy (non-hydrogen) atoms. The van der Waals surface area contributed by atoms with Crippen molar-refractivity contribution >= 4 is 54.8 Å². The first-order valence-corrected chi connectivity index (χ1v) is 21.3. The third kappa shape index (κ3) is 6.25. The number of nitrogens with zero attached hydrogens (tertiary/aromatic N) is 4. The number of rotatable bonds is 6. The van der Waals surface area contributed by atoms with Gasteiger partial charge in [0.15, 0.2) is 0 Å². The zero-order valence-electron chi connectivity index (χ0n) is 35.8. The van der Waals surface area contributed by atoms with Gasteiger partial charge in [-0.05, 0) is 99.8 Å². The Labute approximate surface area is 360 Å². The molecule has 0 aliphatic heterocycles. The van der Waals surface area contributed by atoms with Gasteiger partial charge in [0, 0.05) is 33.8 Å². The summed E-state index contributed by atoms with van der Waals surface area (Å²) in [6.45, 7) is 13.5. The number of hydrogen-bond acceptors (Lipinski definition) is 3. The van der Waals surface area contributed by atoms with E-state index in [2.05, 4.69) is 201 Å². The molecule has 0 amide bonds. The quantitative estimate of drug-likeness (QED) is 0.124. The summed E-state index contributed by atoms with van der Waals surface area (Å²) in [5.74, 6) is 2.36. The number of furan rings is 1. The first-order chi connectivity index (χ1) is 30.0. The molecule has 7 aromatic carbocycles. The van der Waals surface area contributed by atoms with E-state index in [0.29, 0.717) is 0 Å². The maximum atomic E-state index is 6.74. The van der Waals surface area contributed by atoms with Crippen LogP contribution in [-0.2, 0) is 10.8 Å². The van der Waals surface area contributed by atoms with E-state index >= 15 is 0 Å². The lowest BCUT2D eigenvalue weighted by Gasteiger charge is -2.26. The summed E-state index contributed by atoms with van der Waals surface area (Å²) in [6, 6.07) is 57.4. The lowest BCUT2D eigenvalue weighted by atomic mass is 9.83. The van der Waals surface area contributed by atoms with E-state index in [1.807, 2.05) is 30.5 Å². The molecule has 6 nitrogen and oxygen atoms in total. The van der Waals surface area contributed by atoms with E-state index in [-0.39, 0.29) is 10.8 Å². The molecular weight excluding hydrogens is 761 g/mol. The van der Waals surface area contributed by atoms with Crippen LogP contribution in [0.1, 0.15) is 52.7 Å². The van der Waals surface area contributed by atoms with Crippen LogP contribution in [0.15, 0.2) is 174 Å². The second kappa shape index (κ2) is 14.1. The van der Waals surface area contributed by atoms with Crippen LogP contribution in [-0.4, -0.2) is 14.1 Å². The molecule has 0 bridgehead atoms. The molecule has 4 aromatic heterocycles. The number of fused-ring (bicyclic) bond motifs is 7. The van der Waals surface area contributed by atoms with E-state index < -0.39 is 0 Å². The lowest BCUT2D eigenvalue weighted by Crippen LogP contribution is -2.34. The van der Waals surface area contributed by atoms with Gasteiger partial charge in [-0.1, -0.05) is 133 Å². The maximum Gasteiger partial charge on any atom is 0.269 e. The largest absolute Gasteiger partial charge is 0.458 e. The number of ether oxygens (including phenoxy) is 1. The Balaban J connectivity index is 1.02. The van der Waals surface area contributed by atoms with Crippen molar-refractivity contribution in [1.29, 1.82) is 0 Å². The van der Waals surface area contributed by atoms with Gasteiger partial charge >= 0.3 is 0 Å². The highest BCUT2D eigenvalue weighted by Gasteiger charge is 2.25. The monoisotopic (exact) mass is 806 g/mol. The number of aromatic nitrogens is 4. The number of para-hydroxylation sites is 5. The summed E-state index contributed by atoms with van der Waals surface area (Å²) in [6.07, 6.45) is 5.74. The van der Waals surface area contributed by atoms with Gasteiger partial charge in [-0.25, -0.2) is 4.98 Å². The van der Waals surface area contributed by atoms with E-state index in [1.54, 1.807) is 0 Å². The van der Waals surface area contributed by atoms with E-state index in [4.69, 9.17) is 14.1 Å². The van der Waals surface area contributed by atoms with Crippen LogP contribution in [0.3, 0.4) is 0 Å². The fourth-order valence-electron chi connectivity index (χ4n) is 9.02. The maximum absolute atomic E-state index is 6.74. The Kier molecular flexibility index (Phi) is 8.52. The van der Waals surface area contributed by atoms with Crippen molar-refractivity contribution in [3.63, 3.8) is 0 Å². The van der Waals surface area contributed by atoms with Gasteiger partial charge in [-0.2, -0.15) is 0 Å². The first-order valence-electron chi connectivity index (χ1n) is 21.3. The minimum Gasteiger partial charge on any atom is -0.458 e. The van der Waals surface area contributed by atoms with E-state index in [1.165, 1.54) is 16.5 Å². The highest BCUT2D eigenvalue weighted by atomic mass is 16.5. The van der Waals surface area contributed by atoms with E-state index in [0.717, 1.165) is 89.2 Å². The molecule has 302 valence electrons. The average Bonchev–Trinajstić information content (AvgIpc) is 3.95. The van der Waals surface area contributed by atoms with Crippen molar-refractivity contribution in [2.24, 2.45) is 0 Å². The van der Waals surface area contributed by atoms with Gasteiger partial charge in [0.05, 0.1) is 33.4 Å². The molecule has 0 aliphatic carbocycles. The fourth-order valence-corrected chi connectivity index (χ4v) is 9.02. The van der Waals surface area contributed by atoms with Crippen LogP contribution >= 0.6 is 0 Å². The molecule has 0 N–H and O–H groups in total. The second-order valence-corrected chi connectivity index (χ2v) is 18.3. The first kappa shape index (κ1) is 37.6. The van der Waals surface area contributed by atoms with Crippen LogP contribution in [0.5, 0.6) is 11.5 Å². The molecule has 0 saturated carbocycles. The molecule has 11 aromatic rings. The predicted octanol–water partition coefficient (Wildman–Crippen LogP) is 14.2. The molecule has 0 atom stereocenters. The normalized spacial score (nSPS) is 12.4. The van der Waals surface area contributed by atoms with Crippen molar-refractivity contribution in [2.75, 3.05) is 0 Å². The number of imidazole rings is 1. The van der Waals surface area contributed by atoms with Crippen molar-refractivity contribution in [2.45, 2.75) is 52.4 Å². The summed E-state index contributed by atoms with van der Waals surface area (Å²) in [5.41, 5.74) is 12.6. The van der Waals surface area contributed by atoms with E-state index in [9.17, 15) is 0 Å². The third-order valence-electron chi connectivity index (χ3n) is 12.1. The van der Waals surface area contributed by atoms with Crippen molar-refractivity contribution < 1.29 is 13.7 Å². The van der Waals surface area contributed by atoms with Crippen molar-refractivity contribution in [3.05, 3.63) is 187 Å². The zero-order chi connectivity index (χ0) is 42.3. The average molecular weight is 807 g/mol. The van der Waals surface area contributed by atoms with Crippen LogP contribution in [0, 0.1) is 6.33 Å². The zero-order valence-corrected chi connectivity index (χ0v) is 35.8. The predicted molar refractivity (Wildman–Crippen MR) is 252 cm³/mol. The Bertz CT molecular complexity index is 3530. The summed E-state index contributed by atoms with van der Waals surface area (Å²) in [5, 5.41) is 4.54. The highest BCUT2D eigenvalue weighted by Crippen LogP contribution is 2.39. The Hall–Kier alpha value is -7.44. The highest BCUT2D eigenvalue weighted by molar-refractivity contribution is 6.09. The van der Waals surface area contributed by atoms with Crippen LogP contribution in [0.2, 0.25) is 0 Å². The topological polar surface area (TPSA) is 49.0 Å². The van der Waals surface area contributed by atoms with Gasteiger partial charge < -0.3 is 9.15 Å². The third-order valence-corrected chi connectivity index (χ3v) is 12.1. The van der Waals surface area contributed by atoms with Gasteiger partial charge in [-0.3, -0.25) is 13.7 Å². The Morgan fingerprint density at radius 1 is 0.565 bits per heavy atom. The molecule has 0 fully saturated rings.